The molecule has 0 spiro atoms. The van der Waals surface area contributed by atoms with Crippen molar-refractivity contribution in [2.75, 3.05) is 11.1 Å². The number of benzene rings is 1. The minimum absolute atomic E-state index is 0.0118. The Labute approximate surface area is 234 Å². The van der Waals surface area contributed by atoms with Crippen LogP contribution >= 0.6 is 11.6 Å². The van der Waals surface area contributed by atoms with Crippen LogP contribution in [-0.4, -0.2) is 44.2 Å². The molecule has 11 nitrogen and oxygen atoms in total. The van der Waals surface area contributed by atoms with E-state index >= 15 is 4.39 Å². The van der Waals surface area contributed by atoms with Gasteiger partial charge < -0.3 is 30.4 Å². The molecule has 3 rings (SSSR count). The number of hydrogen-bond donors (Lipinski definition) is 3. The number of nitrogens with zero attached hydrogens (tertiary/aromatic N) is 2. The van der Waals surface area contributed by atoms with Gasteiger partial charge in [-0.05, 0) is 65.8 Å². The lowest BCUT2D eigenvalue weighted by Gasteiger charge is -2.24. The van der Waals surface area contributed by atoms with Crippen LogP contribution in [0.15, 0.2) is 36.5 Å². The number of nitrogen functional groups attached to an aromatic ring is 1. The highest BCUT2D eigenvalue weighted by Gasteiger charge is 2.34. The third-order valence-corrected chi connectivity index (χ3v) is 5.13. The average Bonchev–Trinajstić information content (AvgIpc) is 2.81. The molecular weight excluding hydrogens is 547 g/mol. The molecule has 2 aromatic heterocycles. The molecule has 0 bridgehead atoms. The number of carbonyl (C=O) groups is 3. The zero-order chi connectivity index (χ0) is 30.0. The summed E-state index contributed by atoms with van der Waals surface area (Å²) in [5.41, 5.74) is 2.95. The van der Waals surface area contributed by atoms with Gasteiger partial charge in [0.25, 0.3) is 0 Å². The Kier molecular flexibility index (Phi) is 8.54. The number of aromatic nitrogens is 2. The van der Waals surface area contributed by atoms with Gasteiger partial charge in [0.1, 0.15) is 39.0 Å². The Hall–Kier alpha value is -4.45. The maximum atomic E-state index is 15.2. The largest absolute Gasteiger partial charge is 0.478 e. The lowest BCUT2D eigenvalue weighted by molar-refractivity contribution is 0.00113. The highest BCUT2D eigenvalue weighted by Crippen LogP contribution is 2.40. The van der Waals surface area contributed by atoms with E-state index < -0.39 is 57.7 Å². The van der Waals surface area contributed by atoms with E-state index in [1.165, 1.54) is 30.5 Å². The Morgan fingerprint density at radius 3 is 2.23 bits per heavy atom. The number of nitrogens with one attached hydrogen (secondary N) is 1. The van der Waals surface area contributed by atoms with Gasteiger partial charge in [-0.2, -0.15) is 0 Å². The zero-order valence-corrected chi connectivity index (χ0v) is 23.3. The van der Waals surface area contributed by atoms with Crippen molar-refractivity contribution in [2.24, 2.45) is 0 Å². The number of pyridine rings is 2. The van der Waals surface area contributed by atoms with Crippen LogP contribution in [0.25, 0.3) is 0 Å². The predicted octanol–water partition coefficient (Wildman–Crippen LogP) is 6.00. The van der Waals surface area contributed by atoms with Crippen LogP contribution in [0.1, 0.15) is 72.7 Å². The molecule has 0 fully saturated rings. The van der Waals surface area contributed by atoms with Crippen molar-refractivity contribution in [1.29, 1.82) is 0 Å². The average molecular weight is 575 g/mol. The molecule has 0 aliphatic heterocycles. The van der Waals surface area contributed by atoms with E-state index in [-0.39, 0.29) is 27.9 Å². The zero-order valence-electron chi connectivity index (χ0n) is 22.6. The Balaban J connectivity index is 2.08. The first kappa shape index (κ1) is 30.1. The summed E-state index contributed by atoms with van der Waals surface area (Å²) in [6.07, 6.45) is 1.37. The summed E-state index contributed by atoms with van der Waals surface area (Å²) in [4.78, 5) is 45.6. The lowest BCUT2D eigenvalue weighted by Crippen LogP contribution is -2.29. The van der Waals surface area contributed by atoms with E-state index in [1.54, 1.807) is 41.5 Å². The monoisotopic (exact) mass is 574 g/mol. The summed E-state index contributed by atoms with van der Waals surface area (Å²) in [5.74, 6) is -5.46. The first-order valence-corrected chi connectivity index (χ1v) is 12.2. The maximum absolute atomic E-state index is 15.2. The van der Waals surface area contributed by atoms with Crippen molar-refractivity contribution in [3.8, 4) is 11.5 Å². The fraction of sp³-hybridized carbons (Fsp3) is 0.296. The molecule has 3 aromatic rings. The van der Waals surface area contributed by atoms with Crippen LogP contribution in [0.3, 0.4) is 0 Å². The standard InChI is InChI=1S/C27H28ClFN4O7/c1-26(2,3)39-24(36)17-19(25(37)40-27(4,5)6)33-21(30)18(28)20(17)38-16-10-9-13(12-15(16)29)32-22-14(23(34)35)8-7-11-31-22/h7-12H,1-6H3,(H2,30,33)(H,31,32)(H,34,35). The number of ether oxygens (including phenoxy) is 3. The number of anilines is 3. The summed E-state index contributed by atoms with van der Waals surface area (Å²) < 4.78 is 31.7. The highest BCUT2D eigenvalue weighted by molar-refractivity contribution is 6.35. The smallest absolute Gasteiger partial charge is 0.358 e. The van der Waals surface area contributed by atoms with Gasteiger partial charge in [-0.25, -0.2) is 28.7 Å². The molecule has 0 radical (unpaired) electrons. The van der Waals surface area contributed by atoms with E-state index in [0.29, 0.717) is 0 Å². The van der Waals surface area contributed by atoms with Crippen LogP contribution in [0.2, 0.25) is 5.02 Å². The van der Waals surface area contributed by atoms with Gasteiger partial charge in [-0.15, -0.1) is 0 Å². The fourth-order valence-electron chi connectivity index (χ4n) is 3.23. The highest BCUT2D eigenvalue weighted by atomic mass is 35.5. The Bertz CT molecular complexity index is 1480. The quantitative estimate of drug-likeness (QED) is 0.284. The van der Waals surface area contributed by atoms with Gasteiger partial charge in [0.2, 0.25) is 0 Å². The summed E-state index contributed by atoms with van der Waals surface area (Å²) in [6.45, 7) is 9.66. The van der Waals surface area contributed by atoms with Crippen molar-refractivity contribution >= 4 is 46.8 Å². The van der Waals surface area contributed by atoms with Crippen LogP contribution in [0.4, 0.5) is 21.7 Å². The van der Waals surface area contributed by atoms with Gasteiger partial charge >= 0.3 is 17.9 Å². The summed E-state index contributed by atoms with van der Waals surface area (Å²) in [7, 11) is 0. The van der Waals surface area contributed by atoms with E-state index in [0.717, 1.165) is 6.07 Å². The van der Waals surface area contributed by atoms with Crippen molar-refractivity contribution in [2.45, 2.75) is 52.7 Å². The van der Waals surface area contributed by atoms with Crippen molar-refractivity contribution < 1.29 is 38.1 Å². The minimum atomic E-state index is -1.23. The SMILES string of the molecule is CC(C)(C)OC(=O)c1nc(N)c(Cl)c(Oc2ccc(Nc3ncccc3C(=O)O)cc2F)c1C(=O)OC(C)(C)C. The first-order valence-electron chi connectivity index (χ1n) is 11.8. The molecule has 40 heavy (non-hydrogen) atoms. The van der Waals surface area contributed by atoms with Gasteiger partial charge in [0, 0.05) is 18.0 Å². The second-order valence-electron chi connectivity index (χ2n) is 10.4. The van der Waals surface area contributed by atoms with Crippen LogP contribution in [-0.2, 0) is 9.47 Å². The Morgan fingerprint density at radius 1 is 1.02 bits per heavy atom. The molecule has 4 N–H and O–H groups in total. The van der Waals surface area contributed by atoms with Crippen LogP contribution in [0.5, 0.6) is 11.5 Å². The molecule has 2 heterocycles. The maximum Gasteiger partial charge on any atom is 0.358 e. The number of esters is 2. The minimum Gasteiger partial charge on any atom is -0.478 e. The van der Waals surface area contributed by atoms with Crippen molar-refractivity contribution in [1.82, 2.24) is 9.97 Å². The fourth-order valence-corrected chi connectivity index (χ4v) is 3.41. The predicted molar refractivity (Wildman–Crippen MR) is 145 cm³/mol. The molecule has 1 aromatic carbocycles. The lowest BCUT2D eigenvalue weighted by atomic mass is 10.1. The number of carboxylic acid groups (broad SMARTS) is 1. The van der Waals surface area contributed by atoms with Gasteiger partial charge in [-0.1, -0.05) is 11.6 Å². The van der Waals surface area contributed by atoms with Crippen LogP contribution in [0, 0.1) is 5.82 Å². The normalized spacial score (nSPS) is 11.5. The molecule has 0 atom stereocenters. The molecule has 13 heteroatoms. The number of carboxylic acids is 1. The number of nitrogens with two attached hydrogens (primary N) is 1. The first-order chi connectivity index (χ1) is 18.5. The van der Waals surface area contributed by atoms with Gasteiger partial charge in [0.15, 0.2) is 23.0 Å². The van der Waals surface area contributed by atoms with Crippen molar-refractivity contribution in [3.05, 3.63) is 64.2 Å². The molecule has 212 valence electrons. The summed E-state index contributed by atoms with van der Waals surface area (Å²) in [5, 5.41) is 11.7. The van der Waals surface area contributed by atoms with E-state index in [9.17, 15) is 19.5 Å². The number of aromatic carboxylic acids is 1. The van der Waals surface area contributed by atoms with Gasteiger partial charge in [-0.3, -0.25) is 0 Å². The second kappa shape index (κ2) is 11.3. The summed E-state index contributed by atoms with van der Waals surface area (Å²) in [6, 6.07) is 6.36. The van der Waals surface area contributed by atoms with Crippen LogP contribution < -0.4 is 15.8 Å². The van der Waals surface area contributed by atoms with E-state index in [1.807, 2.05) is 0 Å². The number of carbonyl (C=O) groups excluding carboxylic acids is 2. The molecule has 0 saturated carbocycles. The number of rotatable bonds is 7. The third-order valence-electron chi connectivity index (χ3n) is 4.76. The van der Waals surface area contributed by atoms with Gasteiger partial charge in [0.05, 0.1) is 0 Å². The molecule has 0 unspecified atom stereocenters. The second-order valence-corrected chi connectivity index (χ2v) is 10.8. The number of hydrogen-bond acceptors (Lipinski definition) is 10. The topological polar surface area (TPSA) is 163 Å². The molecule has 0 saturated heterocycles. The third kappa shape index (κ3) is 7.35. The Morgan fingerprint density at radius 2 is 1.65 bits per heavy atom. The molecule has 0 amide bonds. The van der Waals surface area contributed by atoms with E-state index in [2.05, 4.69) is 15.3 Å². The summed E-state index contributed by atoms with van der Waals surface area (Å²) >= 11 is 6.34. The van der Waals surface area contributed by atoms with Crippen molar-refractivity contribution in [3.63, 3.8) is 0 Å². The molecule has 0 aliphatic rings. The van der Waals surface area contributed by atoms with E-state index in [4.69, 9.17) is 31.5 Å². The molecular formula is C27H28ClFN4O7. The molecule has 0 aliphatic carbocycles. The number of halogens is 2.